The van der Waals surface area contributed by atoms with Crippen LogP contribution in [0.3, 0.4) is 0 Å². The summed E-state index contributed by atoms with van der Waals surface area (Å²) in [5.41, 5.74) is 3.00. The molecule has 0 saturated heterocycles. The van der Waals surface area contributed by atoms with Crippen molar-refractivity contribution in [2.24, 2.45) is 0 Å². The molecule has 3 nitrogen and oxygen atoms in total. The Kier molecular flexibility index (Phi) is 3.20. The van der Waals surface area contributed by atoms with Crippen molar-refractivity contribution in [2.75, 3.05) is 0 Å². The molecule has 0 atom stereocenters. The van der Waals surface area contributed by atoms with Crippen LogP contribution in [0.15, 0.2) is 30.5 Å². The normalized spacial score (nSPS) is 11.2. The van der Waals surface area contributed by atoms with Crippen molar-refractivity contribution >= 4 is 0 Å². The maximum Gasteiger partial charge on any atom is 0.0880 e. The Balaban J connectivity index is 2.25. The van der Waals surface area contributed by atoms with E-state index in [1.807, 2.05) is 35.1 Å². The van der Waals surface area contributed by atoms with Crippen molar-refractivity contribution in [1.29, 1.82) is 0 Å². The van der Waals surface area contributed by atoms with E-state index in [4.69, 9.17) is 6.42 Å². The standard InChI is InChI=1S/C15H17N3/c1-5-12-8-6-7-9-13(12)10-18-11-14(16-17-18)15(2,3)4/h1,6-9,11H,10H2,2-4H3. The SMILES string of the molecule is C#Cc1ccccc1Cn1cc(C(C)(C)C)nn1. The first-order valence-corrected chi connectivity index (χ1v) is 5.96. The van der Waals surface area contributed by atoms with E-state index in [9.17, 15) is 0 Å². The number of hydrogen-bond acceptors (Lipinski definition) is 2. The van der Waals surface area contributed by atoms with Crippen LogP contribution in [0.5, 0.6) is 0 Å². The molecule has 2 rings (SSSR count). The third-order valence-corrected chi connectivity index (χ3v) is 2.81. The van der Waals surface area contributed by atoms with Gasteiger partial charge in [0.1, 0.15) is 0 Å². The van der Waals surface area contributed by atoms with Crippen molar-refractivity contribution in [3.63, 3.8) is 0 Å². The van der Waals surface area contributed by atoms with Crippen molar-refractivity contribution < 1.29 is 0 Å². The van der Waals surface area contributed by atoms with Crippen LogP contribution in [0.4, 0.5) is 0 Å². The molecule has 0 aliphatic carbocycles. The average Bonchev–Trinajstić information content (AvgIpc) is 2.78. The second-order valence-electron chi connectivity index (χ2n) is 5.35. The van der Waals surface area contributed by atoms with Gasteiger partial charge in [-0.1, -0.05) is 50.1 Å². The monoisotopic (exact) mass is 239 g/mol. The molecule has 92 valence electrons. The number of terminal acetylenes is 1. The van der Waals surface area contributed by atoms with Crippen LogP contribution in [-0.2, 0) is 12.0 Å². The molecule has 0 radical (unpaired) electrons. The van der Waals surface area contributed by atoms with Crippen molar-refractivity contribution in [3.8, 4) is 12.3 Å². The number of aromatic nitrogens is 3. The molecule has 0 fully saturated rings. The Hall–Kier alpha value is -2.08. The minimum Gasteiger partial charge on any atom is -0.248 e. The molecule has 0 saturated carbocycles. The quantitative estimate of drug-likeness (QED) is 0.754. The summed E-state index contributed by atoms with van der Waals surface area (Å²) in [5.74, 6) is 2.69. The summed E-state index contributed by atoms with van der Waals surface area (Å²) in [6.07, 6.45) is 7.46. The first-order chi connectivity index (χ1) is 8.50. The average molecular weight is 239 g/mol. The fourth-order valence-electron chi connectivity index (χ4n) is 1.69. The van der Waals surface area contributed by atoms with Gasteiger partial charge in [0.25, 0.3) is 0 Å². The van der Waals surface area contributed by atoms with E-state index in [0.717, 1.165) is 16.8 Å². The van der Waals surface area contributed by atoms with Crippen LogP contribution >= 0.6 is 0 Å². The van der Waals surface area contributed by atoms with E-state index in [-0.39, 0.29) is 5.41 Å². The van der Waals surface area contributed by atoms with E-state index < -0.39 is 0 Å². The number of benzene rings is 1. The van der Waals surface area contributed by atoms with Gasteiger partial charge in [0.05, 0.1) is 12.2 Å². The Morgan fingerprint density at radius 2 is 2.00 bits per heavy atom. The van der Waals surface area contributed by atoms with Crippen LogP contribution in [0.25, 0.3) is 0 Å². The lowest BCUT2D eigenvalue weighted by Crippen LogP contribution is -2.11. The van der Waals surface area contributed by atoms with Gasteiger partial charge in [-0.05, 0) is 11.6 Å². The predicted molar refractivity (Wildman–Crippen MR) is 72.2 cm³/mol. The summed E-state index contributed by atoms with van der Waals surface area (Å²) in [7, 11) is 0. The van der Waals surface area contributed by atoms with E-state index in [1.165, 1.54) is 0 Å². The molecule has 2 aromatic rings. The molecule has 3 heteroatoms. The highest BCUT2D eigenvalue weighted by Gasteiger charge is 2.17. The van der Waals surface area contributed by atoms with Gasteiger partial charge in [-0.25, -0.2) is 4.68 Å². The molecule has 1 aromatic heterocycles. The summed E-state index contributed by atoms with van der Waals surface area (Å²) in [6, 6.07) is 7.89. The van der Waals surface area contributed by atoms with Crippen LogP contribution in [-0.4, -0.2) is 15.0 Å². The molecule has 18 heavy (non-hydrogen) atoms. The maximum absolute atomic E-state index is 5.48. The predicted octanol–water partition coefficient (Wildman–Crippen LogP) is 2.61. The maximum atomic E-state index is 5.48. The van der Waals surface area contributed by atoms with Gasteiger partial charge in [-0.2, -0.15) is 0 Å². The number of rotatable bonds is 2. The summed E-state index contributed by atoms with van der Waals surface area (Å²) in [4.78, 5) is 0. The lowest BCUT2D eigenvalue weighted by Gasteiger charge is -2.13. The van der Waals surface area contributed by atoms with Crippen molar-refractivity contribution in [1.82, 2.24) is 15.0 Å². The molecule has 1 heterocycles. The van der Waals surface area contributed by atoms with Crippen molar-refractivity contribution in [2.45, 2.75) is 32.7 Å². The molecule has 0 bridgehead atoms. The summed E-state index contributed by atoms with van der Waals surface area (Å²) in [5, 5.41) is 8.35. The van der Waals surface area contributed by atoms with Gasteiger partial charge in [0.15, 0.2) is 0 Å². The lowest BCUT2D eigenvalue weighted by molar-refractivity contribution is 0.566. The number of nitrogens with zero attached hydrogens (tertiary/aromatic N) is 3. The van der Waals surface area contributed by atoms with Crippen LogP contribution in [0.2, 0.25) is 0 Å². The van der Waals surface area contributed by atoms with Gasteiger partial charge in [-0.3, -0.25) is 0 Å². The number of hydrogen-bond donors (Lipinski definition) is 0. The zero-order valence-corrected chi connectivity index (χ0v) is 11.0. The Bertz CT molecular complexity index is 582. The zero-order valence-electron chi connectivity index (χ0n) is 11.0. The molecule has 0 spiro atoms. The largest absolute Gasteiger partial charge is 0.248 e. The van der Waals surface area contributed by atoms with Gasteiger partial charge in [0.2, 0.25) is 0 Å². The molecule has 1 aromatic carbocycles. The van der Waals surface area contributed by atoms with E-state index in [1.54, 1.807) is 0 Å². The molecule has 0 unspecified atom stereocenters. The van der Waals surface area contributed by atoms with E-state index in [0.29, 0.717) is 6.54 Å². The van der Waals surface area contributed by atoms with E-state index >= 15 is 0 Å². The molecule has 0 aliphatic rings. The minimum absolute atomic E-state index is 0.0177. The van der Waals surface area contributed by atoms with Gasteiger partial charge in [-0.15, -0.1) is 11.5 Å². The summed E-state index contributed by atoms with van der Waals surface area (Å²) < 4.78 is 1.83. The molecule has 0 N–H and O–H groups in total. The molecule has 0 amide bonds. The second-order valence-corrected chi connectivity index (χ2v) is 5.35. The van der Waals surface area contributed by atoms with Crippen LogP contribution in [0.1, 0.15) is 37.6 Å². The molecule has 0 aliphatic heterocycles. The Labute approximate surface area is 108 Å². The highest BCUT2D eigenvalue weighted by Crippen LogP contribution is 2.19. The van der Waals surface area contributed by atoms with E-state index in [2.05, 4.69) is 37.0 Å². The zero-order chi connectivity index (χ0) is 13.2. The highest BCUT2D eigenvalue weighted by atomic mass is 15.4. The second kappa shape index (κ2) is 4.66. The lowest BCUT2D eigenvalue weighted by atomic mass is 9.93. The smallest absolute Gasteiger partial charge is 0.0880 e. The Morgan fingerprint density at radius 1 is 1.28 bits per heavy atom. The topological polar surface area (TPSA) is 30.7 Å². The third-order valence-electron chi connectivity index (χ3n) is 2.81. The fraction of sp³-hybridized carbons (Fsp3) is 0.333. The summed E-state index contributed by atoms with van der Waals surface area (Å²) in [6.45, 7) is 7.02. The van der Waals surface area contributed by atoms with Gasteiger partial charge in [0, 0.05) is 17.2 Å². The van der Waals surface area contributed by atoms with Gasteiger partial charge >= 0.3 is 0 Å². The van der Waals surface area contributed by atoms with Crippen molar-refractivity contribution in [3.05, 3.63) is 47.3 Å². The first-order valence-electron chi connectivity index (χ1n) is 5.96. The molecular formula is C15H17N3. The highest BCUT2D eigenvalue weighted by molar-refractivity contribution is 5.39. The van der Waals surface area contributed by atoms with Crippen LogP contribution < -0.4 is 0 Å². The minimum atomic E-state index is 0.0177. The summed E-state index contributed by atoms with van der Waals surface area (Å²) >= 11 is 0. The first kappa shape index (κ1) is 12.4. The Morgan fingerprint density at radius 3 is 2.61 bits per heavy atom. The molecular weight excluding hydrogens is 222 g/mol. The van der Waals surface area contributed by atoms with Gasteiger partial charge < -0.3 is 0 Å². The van der Waals surface area contributed by atoms with Crippen LogP contribution in [0, 0.1) is 12.3 Å². The fourth-order valence-corrected chi connectivity index (χ4v) is 1.69. The third kappa shape index (κ3) is 2.60.